The molecule has 4 rings (SSSR count). The van der Waals surface area contributed by atoms with E-state index >= 15 is 0 Å². The van der Waals surface area contributed by atoms with Crippen molar-refractivity contribution in [1.82, 2.24) is 4.57 Å². The van der Waals surface area contributed by atoms with Gasteiger partial charge in [-0.05, 0) is 60.7 Å². The maximum Gasteiger partial charge on any atom is 0.305 e. The molecule has 3 aromatic carbocycles. The number of benzene rings is 3. The minimum atomic E-state index is -1.05. The average Bonchev–Trinajstić information content (AvgIpc) is 3.18. The van der Waals surface area contributed by atoms with E-state index in [1.807, 2.05) is 54.0 Å². The molecule has 0 bridgehead atoms. The first-order chi connectivity index (χ1) is 17.9. The standard InChI is InChI=1S/C30H28ClNO5/c1-3-36-26(33)17-10-18-37-25-16-9-15-24-28(25)27(29(34)30(31)35)20(2)32(24)19-22-13-7-8-14-23(22)21-11-5-4-6-12-21/h4-9,11-16H,3,10,17-19H2,1-2H3. The zero-order valence-electron chi connectivity index (χ0n) is 20.8. The van der Waals surface area contributed by atoms with E-state index in [0.717, 1.165) is 22.2 Å². The molecular formula is C30H28ClNO5. The van der Waals surface area contributed by atoms with Gasteiger partial charge in [0, 0.05) is 18.7 Å². The number of hydrogen-bond donors (Lipinski definition) is 0. The Hall–Kier alpha value is -3.90. The van der Waals surface area contributed by atoms with Gasteiger partial charge < -0.3 is 14.0 Å². The van der Waals surface area contributed by atoms with Crippen LogP contribution in [0.25, 0.3) is 22.0 Å². The molecule has 0 radical (unpaired) electrons. The van der Waals surface area contributed by atoms with Gasteiger partial charge in [-0.15, -0.1) is 0 Å². The highest BCUT2D eigenvalue weighted by molar-refractivity contribution is 6.83. The van der Waals surface area contributed by atoms with Gasteiger partial charge in [0.1, 0.15) is 5.75 Å². The van der Waals surface area contributed by atoms with Gasteiger partial charge in [0.05, 0.1) is 29.7 Å². The summed E-state index contributed by atoms with van der Waals surface area (Å²) in [4.78, 5) is 36.6. The number of esters is 1. The quantitative estimate of drug-likeness (QED) is 0.0763. The summed E-state index contributed by atoms with van der Waals surface area (Å²) in [5.74, 6) is -0.602. The van der Waals surface area contributed by atoms with Gasteiger partial charge in [0.2, 0.25) is 5.78 Å². The summed E-state index contributed by atoms with van der Waals surface area (Å²) in [6, 6.07) is 23.7. The predicted molar refractivity (Wildman–Crippen MR) is 144 cm³/mol. The Morgan fingerprint density at radius 2 is 1.65 bits per heavy atom. The van der Waals surface area contributed by atoms with Crippen molar-refractivity contribution in [2.24, 2.45) is 0 Å². The molecule has 0 saturated heterocycles. The van der Waals surface area contributed by atoms with E-state index < -0.39 is 11.0 Å². The molecule has 0 aliphatic carbocycles. The van der Waals surface area contributed by atoms with Crippen LogP contribution in [0.3, 0.4) is 0 Å². The Bertz CT molecular complexity index is 1440. The predicted octanol–water partition coefficient (Wildman–Crippen LogP) is 6.34. The number of ketones is 1. The van der Waals surface area contributed by atoms with E-state index in [9.17, 15) is 14.4 Å². The van der Waals surface area contributed by atoms with Gasteiger partial charge in [0.15, 0.2) is 0 Å². The molecule has 4 aromatic rings. The molecule has 0 saturated carbocycles. The Morgan fingerprint density at radius 3 is 2.38 bits per heavy atom. The molecule has 37 heavy (non-hydrogen) atoms. The fourth-order valence-corrected chi connectivity index (χ4v) is 4.65. The second-order valence-corrected chi connectivity index (χ2v) is 8.92. The van der Waals surface area contributed by atoms with Crippen molar-refractivity contribution in [1.29, 1.82) is 0 Å². The maximum absolute atomic E-state index is 13.0. The van der Waals surface area contributed by atoms with Crippen LogP contribution >= 0.6 is 11.6 Å². The number of hydrogen-bond acceptors (Lipinski definition) is 5. The van der Waals surface area contributed by atoms with Crippen LogP contribution in [0.2, 0.25) is 0 Å². The second-order valence-electron chi connectivity index (χ2n) is 8.58. The first kappa shape index (κ1) is 26.2. The van der Waals surface area contributed by atoms with Crippen molar-refractivity contribution in [3.63, 3.8) is 0 Å². The number of nitrogens with zero attached hydrogens (tertiary/aromatic N) is 1. The zero-order chi connectivity index (χ0) is 26.4. The van der Waals surface area contributed by atoms with Gasteiger partial charge in [-0.2, -0.15) is 0 Å². The molecule has 1 heterocycles. The molecule has 1 aromatic heterocycles. The van der Waals surface area contributed by atoms with Crippen LogP contribution < -0.4 is 4.74 Å². The van der Waals surface area contributed by atoms with Gasteiger partial charge in [0.25, 0.3) is 5.24 Å². The number of carbonyl (C=O) groups is 3. The molecule has 0 fully saturated rings. The van der Waals surface area contributed by atoms with E-state index in [4.69, 9.17) is 21.1 Å². The molecule has 0 unspecified atom stereocenters. The smallest absolute Gasteiger partial charge is 0.305 e. The molecule has 0 N–H and O–H groups in total. The lowest BCUT2D eigenvalue weighted by Gasteiger charge is -2.14. The summed E-state index contributed by atoms with van der Waals surface area (Å²) in [7, 11) is 0. The highest BCUT2D eigenvalue weighted by Crippen LogP contribution is 2.36. The van der Waals surface area contributed by atoms with Crippen molar-refractivity contribution >= 4 is 39.5 Å². The first-order valence-corrected chi connectivity index (χ1v) is 12.6. The lowest BCUT2D eigenvalue weighted by molar-refractivity contribution is -0.143. The summed E-state index contributed by atoms with van der Waals surface area (Å²) in [5.41, 5.74) is 4.84. The molecular weight excluding hydrogens is 490 g/mol. The van der Waals surface area contributed by atoms with Gasteiger partial charge in [-0.25, -0.2) is 0 Å². The monoisotopic (exact) mass is 517 g/mol. The van der Waals surface area contributed by atoms with Crippen molar-refractivity contribution in [2.45, 2.75) is 33.2 Å². The number of Topliss-reactive ketones (excluding diaryl/α,β-unsaturated/α-hetero) is 1. The van der Waals surface area contributed by atoms with Crippen LogP contribution in [0, 0.1) is 6.92 Å². The topological polar surface area (TPSA) is 74.6 Å². The van der Waals surface area contributed by atoms with E-state index in [0.29, 0.717) is 36.4 Å². The van der Waals surface area contributed by atoms with E-state index in [-0.39, 0.29) is 24.6 Å². The molecule has 0 amide bonds. The SMILES string of the molecule is CCOC(=O)CCCOc1cccc2c1c(C(=O)C(=O)Cl)c(C)n2Cc1ccccc1-c1ccccc1. The van der Waals surface area contributed by atoms with Crippen molar-refractivity contribution in [3.05, 3.63) is 89.6 Å². The number of aromatic nitrogens is 1. The van der Waals surface area contributed by atoms with Crippen molar-refractivity contribution < 1.29 is 23.9 Å². The first-order valence-electron chi connectivity index (χ1n) is 12.2. The van der Waals surface area contributed by atoms with Crippen LogP contribution in [0.5, 0.6) is 5.75 Å². The van der Waals surface area contributed by atoms with Crippen LogP contribution in [-0.2, 0) is 20.9 Å². The number of ether oxygens (including phenoxy) is 2. The summed E-state index contributed by atoms with van der Waals surface area (Å²) < 4.78 is 13.0. The van der Waals surface area contributed by atoms with Gasteiger partial charge >= 0.3 is 5.97 Å². The zero-order valence-corrected chi connectivity index (χ0v) is 21.6. The van der Waals surface area contributed by atoms with Crippen LogP contribution in [0.4, 0.5) is 0 Å². The molecule has 0 aliphatic heterocycles. The molecule has 6 nitrogen and oxygen atoms in total. The van der Waals surface area contributed by atoms with Crippen molar-refractivity contribution in [2.75, 3.05) is 13.2 Å². The van der Waals surface area contributed by atoms with Crippen molar-refractivity contribution in [3.8, 4) is 16.9 Å². The van der Waals surface area contributed by atoms with Crippen LogP contribution in [0.1, 0.15) is 41.4 Å². The fraction of sp³-hybridized carbons (Fsp3) is 0.233. The summed E-state index contributed by atoms with van der Waals surface area (Å²) in [5, 5.41) is -0.517. The summed E-state index contributed by atoms with van der Waals surface area (Å²) in [6.07, 6.45) is 0.684. The Morgan fingerprint density at radius 1 is 0.919 bits per heavy atom. The second kappa shape index (κ2) is 11.9. The fourth-order valence-electron chi connectivity index (χ4n) is 4.55. The number of carbonyl (C=O) groups excluding carboxylic acids is 3. The average molecular weight is 518 g/mol. The minimum Gasteiger partial charge on any atom is -0.493 e. The normalized spacial score (nSPS) is 10.9. The number of rotatable bonds is 11. The molecule has 0 spiro atoms. The molecule has 0 atom stereocenters. The van der Waals surface area contributed by atoms with E-state index in [2.05, 4.69) is 24.3 Å². The van der Waals surface area contributed by atoms with Gasteiger partial charge in [-0.3, -0.25) is 14.4 Å². The summed E-state index contributed by atoms with van der Waals surface area (Å²) in [6.45, 7) is 4.63. The highest BCUT2D eigenvalue weighted by atomic mass is 35.5. The molecule has 190 valence electrons. The summed E-state index contributed by atoms with van der Waals surface area (Å²) >= 11 is 5.66. The van der Waals surface area contributed by atoms with Gasteiger partial charge in [-0.1, -0.05) is 60.7 Å². The van der Waals surface area contributed by atoms with Crippen LogP contribution in [0.15, 0.2) is 72.8 Å². The number of fused-ring (bicyclic) bond motifs is 1. The lowest BCUT2D eigenvalue weighted by atomic mass is 9.99. The molecule has 7 heteroatoms. The third kappa shape index (κ3) is 5.75. The molecule has 0 aliphatic rings. The Balaban J connectivity index is 1.75. The highest BCUT2D eigenvalue weighted by Gasteiger charge is 2.26. The van der Waals surface area contributed by atoms with E-state index in [1.54, 1.807) is 13.0 Å². The number of halogens is 1. The Kier molecular flexibility index (Phi) is 8.41. The van der Waals surface area contributed by atoms with E-state index in [1.165, 1.54) is 0 Å². The third-order valence-electron chi connectivity index (χ3n) is 6.24. The minimum absolute atomic E-state index is 0.228. The Labute approximate surface area is 220 Å². The third-order valence-corrected chi connectivity index (χ3v) is 6.41. The van der Waals surface area contributed by atoms with Crippen LogP contribution in [-0.4, -0.2) is 34.8 Å². The largest absolute Gasteiger partial charge is 0.493 e. The lowest BCUT2D eigenvalue weighted by Crippen LogP contribution is -2.11. The maximum atomic E-state index is 13.0.